The van der Waals surface area contributed by atoms with Crippen molar-refractivity contribution in [2.24, 2.45) is 0 Å². The average Bonchev–Trinajstić information content (AvgIpc) is 2.86. The number of quaternary nitrogens is 1. The zero-order valence-corrected chi connectivity index (χ0v) is 12.3. The molecule has 0 bridgehead atoms. The molecule has 0 amide bonds. The van der Waals surface area contributed by atoms with Gasteiger partial charge in [0, 0.05) is 10.9 Å². The number of hydrogen-bond donors (Lipinski definition) is 2. The highest BCUT2D eigenvalue weighted by Crippen LogP contribution is 2.37. The molecule has 0 atom stereocenters. The Morgan fingerprint density at radius 3 is 2.75 bits per heavy atom. The summed E-state index contributed by atoms with van der Waals surface area (Å²) in [5, 5.41) is 11.4. The van der Waals surface area contributed by atoms with E-state index >= 15 is 0 Å². The molecule has 2 aromatic rings. The highest BCUT2D eigenvalue weighted by Gasteiger charge is 2.24. The van der Waals surface area contributed by atoms with Gasteiger partial charge in [0.1, 0.15) is 12.3 Å². The molecule has 0 saturated heterocycles. The molecule has 0 saturated carbocycles. The van der Waals surface area contributed by atoms with Gasteiger partial charge in [-0.25, -0.2) is 4.79 Å². The highest BCUT2D eigenvalue weighted by atomic mass is 35.5. The van der Waals surface area contributed by atoms with Crippen molar-refractivity contribution in [3.05, 3.63) is 38.2 Å². The minimum Gasteiger partial charge on any atom is -0.506 e. The average molecular weight is 295 g/mol. The largest absolute Gasteiger partial charge is 0.506 e. The van der Waals surface area contributed by atoms with Crippen molar-refractivity contribution >= 4 is 22.6 Å². The van der Waals surface area contributed by atoms with E-state index in [-0.39, 0.29) is 11.4 Å². The van der Waals surface area contributed by atoms with Gasteiger partial charge in [0.25, 0.3) is 0 Å². The first kappa shape index (κ1) is 13.5. The summed E-state index contributed by atoms with van der Waals surface area (Å²) in [5.41, 5.74) is 2.62. The van der Waals surface area contributed by atoms with Crippen LogP contribution in [0.3, 0.4) is 0 Å². The molecule has 5 heteroatoms. The number of halogens is 1. The fourth-order valence-corrected chi connectivity index (χ4v) is 3.18. The van der Waals surface area contributed by atoms with Crippen molar-refractivity contribution in [1.29, 1.82) is 0 Å². The second kappa shape index (κ2) is 4.79. The molecule has 106 valence electrons. The zero-order chi connectivity index (χ0) is 14.4. The lowest BCUT2D eigenvalue weighted by molar-refractivity contribution is -0.872. The third kappa shape index (κ3) is 2.00. The molecule has 1 aromatic carbocycles. The third-order valence-corrected chi connectivity index (χ3v) is 4.10. The van der Waals surface area contributed by atoms with Crippen molar-refractivity contribution < 1.29 is 14.4 Å². The highest BCUT2D eigenvalue weighted by molar-refractivity contribution is 6.33. The fraction of sp³-hybridized carbons (Fsp3) is 0.400. The Balaban J connectivity index is 2.40. The van der Waals surface area contributed by atoms with Crippen LogP contribution >= 0.6 is 11.6 Å². The molecule has 1 aromatic heterocycles. The number of rotatable bonds is 2. The number of aryl methyl sites for hydroxylation is 1. The number of nitrogens with one attached hydrogen (secondary N) is 1. The molecule has 2 N–H and O–H groups in total. The number of benzene rings is 1. The van der Waals surface area contributed by atoms with E-state index in [1.54, 1.807) is 6.07 Å². The lowest BCUT2D eigenvalue weighted by Crippen LogP contribution is -3.04. The molecule has 4 nitrogen and oxygen atoms in total. The van der Waals surface area contributed by atoms with E-state index in [4.69, 9.17) is 16.0 Å². The quantitative estimate of drug-likeness (QED) is 0.821. The number of phenolic OH excluding ortho intramolecular Hbond substituents is 1. The van der Waals surface area contributed by atoms with Crippen molar-refractivity contribution in [1.82, 2.24) is 0 Å². The maximum Gasteiger partial charge on any atom is 0.339 e. The van der Waals surface area contributed by atoms with Crippen molar-refractivity contribution in [2.45, 2.75) is 25.8 Å². The molecular weight excluding hydrogens is 278 g/mol. The van der Waals surface area contributed by atoms with E-state index < -0.39 is 0 Å². The van der Waals surface area contributed by atoms with Gasteiger partial charge in [-0.3, -0.25) is 0 Å². The van der Waals surface area contributed by atoms with E-state index in [2.05, 4.69) is 0 Å². The molecule has 1 aliphatic carbocycles. The summed E-state index contributed by atoms with van der Waals surface area (Å²) < 4.78 is 5.48. The zero-order valence-electron chi connectivity index (χ0n) is 11.5. The summed E-state index contributed by atoms with van der Waals surface area (Å²) in [7, 11) is 3.94. The first-order valence-corrected chi connectivity index (χ1v) is 7.14. The van der Waals surface area contributed by atoms with Gasteiger partial charge in [0.05, 0.1) is 24.7 Å². The fourth-order valence-electron chi connectivity index (χ4n) is 2.95. The second-order valence-corrected chi connectivity index (χ2v) is 6.05. The SMILES string of the molecule is C[NH+](C)Cc1c(O)c(Cl)cc2c3c(c(=O)oc12)CCC3. The normalized spacial score (nSPS) is 14.2. The van der Waals surface area contributed by atoms with Gasteiger partial charge in [-0.1, -0.05) is 11.6 Å². The Kier molecular flexibility index (Phi) is 3.22. The van der Waals surface area contributed by atoms with Crippen LogP contribution in [-0.4, -0.2) is 19.2 Å². The minimum absolute atomic E-state index is 0.0152. The summed E-state index contributed by atoms with van der Waals surface area (Å²) in [5.74, 6) is 0.0152. The van der Waals surface area contributed by atoms with Crippen LogP contribution in [0, 0.1) is 0 Å². The summed E-state index contributed by atoms with van der Waals surface area (Å²) in [6.07, 6.45) is 2.60. The number of hydrogen-bond acceptors (Lipinski definition) is 3. The van der Waals surface area contributed by atoms with Crippen LogP contribution in [0.5, 0.6) is 5.75 Å². The lowest BCUT2D eigenvalue weighted by Gasteiger charge is -2.13. The molecular formula is C15H17ClNO3+. The summed E-state index contributed by atoms with van der Waals surface area (Å²) in [6.45, 7) is 0.546. The monoisotopic (exact) mass is 294 g/mol. The van der Waals surface area contributed by atoms with Crippen LogP contribution in [0.1, 0.15) is 23.1 Å². The van der Waals surface area contributed by atoms with E-state index in [1.807, 2.05) is 14.1 Å². The van der Waals surface area contributed by atoms with E-state index in [1.165, 1.54) is 0 Å². The molecule has 3 rings (SSSR count). The van der Waals surface area contributed by atoms with Crippen LogP contribution in [0.4, 0.5) is 0 Å². The number of aromatic hydroxyl groups is 1. The van der Waals surface area contributed by atoms with Gasteiger partial charge >= 0.3 is 5.63 Å². The summed E-state index contributed by atoms with van der Waals surface area (Å²) in [4.78, 5) is 13.2. The molecule has 1 aliphatic rings. The maximum absolute atomic E-state index is 12.1. The van der Waals surface area contributed by atoms with Crippen LogP contribution in [-0.2, 0) is 19.4 Å². The van der Waals surface area contributed by atoms with Gasteiger partial charge < -0.3 is 14.4 Å². The van der Waals surface area contributed by atoms with E-state index in [0.717, 1.165) is 40.7 Å². The Hall–Kier alpha value is -1.52. The van der Waals surface area contributed by atoms with E-state index in [9.17, 15) is 9.90 Å². The van der Waals surface area contributed by atoms with Crippen LogP contribution in [0.25, 0.3) is 11.0 Å². The van der Waals surface area contributed by atoms with Crippen molar-refractivity contribution in [2.75, 3.05) is 14.1 Å². The predicted molar refractivity (Wildman–Crippen MR) is 77.7 cm³/mol. The van der Waals surface area contributed by atoms with Crippen LogP contribution in [0.2, 0.25) is 5.02 Å². The van der Waals surface area contributed by atoms with Gasteiger partial charge in [0.2, 0.25) is 0 Å². The smallest absolute Gasteiger partial charge is 0.339 e. The van der Waals surface area contributed by atoms with Gasteiger partial charge in [-0.2, -0.15) is 0 Å². The van der Waals surface area contributed by atoms with Crippen molar-refractivity contribution in [3.63, 3.8) is 0 Å². The van der Waals surface area contributed by atoms with Gasteiger partial charge in [-0.05, 0) is 30.9 Å². The van der Waals surface area contributed by atoms with E-state index in [0.29, 0.717) is 22.7 Å². The molecule has 20 heavy (non-hydrogen) atoms. The van der Waals surface area contributed by atoms with Crippen molar-refractivity contribution in [3.8, 4) is 5.75 Å². The van der Waals surface area contributed by atoms with Crippen LogP contribution in [0.15, 0.2) is 15.3 Å². The maximum atomic E-state index is 12.1. The second-order valence-electron chi connectivity index (χ2n) is 5.65. The first-order valence-electron chi connectivity index (χ1n) is 6.77. The Morgan fingerprint density at radius 1 is 1.35 bits per heavy atom. The Morgan fingerprint density at radius 2 is 2.05 bits per heavy atom. The molecule has 0 fully saturated rings. The first-order chi connectivity index (χ1) is 9.49. The summed E-state index contributed by atoms with van der Waals surface area (Å²) >= 11 is 6.14. The standard InChI is InChI=1S/C15H16ClNO3/c1-17(2)7-11-13(18)12(16)6-10-8-4-3-5-9(8)15(19)20-14(10)11/h6,18H,3-5,7H2,1-2H3/p+1. The Labute approximate surface area is 121 Å². The summed E-state index contributed by atoms with van der Waals surface area (Å²) in [6, 6.07) is 1.72. The molecule has 0 spiro atoms. The lowest BCUT2D eigenvalue weighted by atomic mass is 10.0. The topological polar surface area (TPSA) is 54.9 Å². The molecule has 1 heterocycles. The molecule has 0 unspecified atom stereocenters. The van der Waals surface area contributed by atoms with Gasteiger partial charge in [-0.15, -0.1) is 0 Å². The van der Waals surface area contributed by atoms with Gasteiger partial charge in [0.15, 0.2) is 5.58 Å². The number of phenols is 1. The predicted octanol–water partition coefficient (Wildman–Crippen LogP) is 1.29. The molecule has 0 aliphatic heterocycles. The van der Waals surface area contributed by atoms with Crippen LogP contribution < -0.4 is 10.5 Å². The minimum atomic E-state index is -0.276. The number of fused-ring (bicyclic) bond motifs is 3. The third-order valence-electron chi connectivity index (χ3n) is 3.82. The Bertz CT molecular complexity index is 749. The molecule has 0 radical (unpaired) electrons.